The van der Waals surface area contributed by atoms with Crippen LogP contribution in [0.15, 0.2) is 193 Å². The lowest BCUT2D eigenvalue weighted by molar-refractivity contribution is -0.144. The molecule has 8 aromatic carbocycles. The number of carboxylic acid groups (broad SMARTS) is 1. The van der Waals surface area contributed by atoms with Gasteiger partial charge >= 0.3 is 5.97 Å². The largest absolute Gasteiger partial charge is 0.508 e. The molecule has 29 nitrogen and oxygen atoms in total. The Morgan fingerprint density at radius 2 is 0.867 bits per heavy atom. The maximum atomic E-state index is 14.0. The number of nitrogens with zero attached hydrogens (tertiary/aromatic N) is 8. The van der Waals surface area contributed by atoms with Crippen LogP contribution < -0.4 is 31.2 Å². The summed E-state index contributed by atoms with van der Waals surface area (Å²) in [5.41, 5.74) is 24.6. The van der Waals surface area contributed by atoms with Crippen LogP contribution in [0, 0.1) is 50.2 Å². The number of aromatic hydroxyl groups is 2. The summed E-state index contributed by atoms with van der Waals surface area (Å²) in [7, 11) is 0. The van der Waals surface area contributed by atoms with E-state index in [0.717, 1.165) is 186 Å². The number of thiazole rings is 2. The molecule has 6 atom stereocenters. The molecule has 0 bridgehead atoms. The number of carbonyl (C=O) groups is 6. The number of aromatic nitrogens is 4. The van der Waals surface area contributed by atoms with Gasteiger partial charge in [0.25, 0.3) is 0 Å². The van der Waals surface area contributed by atoms with Crippen LogP contribution in [0.4, 0.5) is 8.78 Å². The Kier molecular flexibility index (Phi) is 36.7. The van der Waals surface area contributed by atoms with Gasteiger partial charge in [0.05, 0.1) is 100 Å². The number of hydrogen-bond donors (Lipinski definition) is 9. The third-order valence-electron chi connectivity index (χ3n) is 26.6. The first-order valence-electron chi connectivity index (χ1n) is 48.8. The van der Waals surface area contributed by atoms with Crippen LogP contribution >= 0.6 is 22.7 Å². The fourth-order valence-corrected chi connectivity index (χ4v) is 20.2. The van der Waals surface area contributed by atoms with Crippen LogP contribution in [0.2, 0.25) is 0 Å². The maximum absolute atomic E-state index is 14.0. The number of phenols is 2. The third kappa shape index (κ3) is 28.6. The number of nitrogens with two attached hydrogens (primary N) is 1. The molecule has 4 saturated heterocycles. The van der Waals surface area contributed by atoms with E-state index < -0.39 is 65.0 Å². The van der Waals surface area contributed by atoms with Crippen LogP contribution in [0.25, 0.3) is 65.2 Å². The van der Waals surface area contributed by atoms with Crippen molar-refractivity contribution in [2.45, 2.75) is 183 Å². The molecule has 4 aliphatic heterocycles. The lowest BCUT2D eigenvalue weighted by atomic mass is 9.85. The minimum atomic E-state index is -0.970. The zero-order chi connectivity index (χ0) is 102. The fraction of sp³-hybridized carbons (Fsp3) is 0.418. The van der Waals surface area contributed by atoms with Gasteiger partial charge < -0.3 is 94.6 Å². The molecule has 16 rings (SSSR count). The lowest BCUT2D eigenvalue weighted by Crippen LogP contribution is -2.58. The number of β-amino-alcohol motifs (C(OH)–C–C–N with tert-alkyl or cyclic N) is 2. The summed E-state index contributed by atoms with van der Waals surface area (Å²) in [6.45, 7) is 28.2. The van der Waals surface area contributed by atoms with Crippen molar-refractivity contribution in [2.75, 3.05) is 105 Å². The predicted molar refractivity (Wildman–Crippen MR) is 549 cm³/mol. The Hall–Kier alpha value is -12.4. The minimum absolute atomic E-state index is 0.00947. The van der Waals surface area contributed by atoms with Crippen molar-refractivity contribution in [3.05, 3.63) is 249 Å². The Balaban J connectivity index is 0.000000189. The molecule has 0 saturated carbocycles. The first-order chi connectivity index (χ1) is 68.5. The van der Waals surface area contributed by atoms with E-state index in [1.54, 1.807) is 71.2 Å². The number of phenolic OH excluding ortho intramolecular Hbond substituents is 2. The molecule has 4 aliphatic rings. The number of aliphatic hydroxyl groups excluding tert-OH is 2. The molecule has 0 radical (unpaired) electrons. The molecular formula is C110H132F2N12O17S2. The molecule has 0 unspecified atom stereocenters. The first kappa shape index (κ1) is 106. The van der Waals surface area contributed by atoms with E-state index in [2.05, 4.69) is 69.1 Å². The highest BCUT2D eigenvalue weighted by molar-refractivity contribution is 7.13. The molecule has 0 spiro atoms. The second-order valence-electron chi connectivity index (χ2n) is 39.2. The number of nitrogens with one attached hydrogen (secondary N) is 3. The fourth-order valence-electron chi connectivity index (χ4n) is 18.6. The standard InChI is InChI=1S/C55H65FN6O8S.C33H37FN2O6.C22H30N4O3S/c1-35-46-28-42(63)16-19-47(46)61(50(35)39-12-14-41(56)15-13-39)31-38-8-17-44(18-9-38)69-25-24-60-22-20-45(21-23-60)70-27-26-68-33-49(65)59-52(55(3,4)5)54(67)62-32-43(64)29-48(62)53(66)57-30-37-6-10-40(11-7-37)51-36(2)58-34-71-51;1-23-30-20-27(37)8-11-31(30)36(33(23)25-4-6-26(34)7-5-25)21-24-2-9-28(10-3-24)41-17-16-35-14-12-29(13-15-35)42-19-18-40-22-32(38)39;1-13-18(30-12-25-13)15-7-5-14(6-8-15)10-24-20(28)17-9-16(27)11-26(17)21(29)19(23)22(2,3)4/h6-19,28,34,43,45,48,52,63-64H,20-27,29-33H2,1-5H3,(H,57,66)(H,59,65);2-11,20,29,37H,12-19,21-22H2,1H3,(H,38,39);5-8,12,16-17,19,27H,9-11,23H2,1-4H3,(H,24,28)/t43-,48+,52-;;16-,17+,19-/m1.1/s1. The molecule has 12 aromatic rings. The Morgan fingerprint density at radius 3 is 1.24 bits per heavy atom. The number of carboxylic acids is 1. The number of fused-ring (bicyclic) bond motifs is 2. The second-order valence-corrected chi connectivity index (χ2v) is 40.9. The molecule has 4 fully saturated rings. The van der Waals surface area contributed by atoms with Crippen molar-refractivity contribution < 1.29 is 91.5 Å². The normalized spacial score (nSPS) is 17.0. The monoisotopic (exact) mass is 1990 g/mol. The minimum Gasteiger partial charge on any atom is -0.508 e. The number of aliphatic hydroxyl groups is 2. The summed E-state index contributed by atoms with van der Waals surface area (Å²) >= 11 is 3.17. The molecular weight excluding hydrogens is 1860 g/mol. The molecule has 4 aromatic heterocycles. The zero-order valence-electron chi connectivity index (χ0n) is 82.8. The number of ether oxygens (including phenoxy) is 6. The number of hydrogen-bond acceptors (Lipinski definition) is 23. The Morgan fingerprint density at radius 1 is 0.483 bits per heavy atom. The van der Waals surface area contributed by atoms with Gasteiger partial charge in [-0.3, -0.25) is 33.8 Å². The van der Waals surface area contributed by atoms with E-state index in [1.165, 1.54) is 34.1 Å². The van der Waals surface area contributed by atoms with Crippen molar-refractivity contribution >= 4 is 80.0 Å². The van der Waals surface area contributed by atoms with E-state index in [-0.39, 0.29) is 105 Å². The highest BCUT2D eigenvalue weighted by atomic mass is 32.1. The number of carbonyl (C=O) groups excluding carboxylic acids is 5. The number of aryl methyl sites for hydroxylation is 4. The average molecular weight is 2000 g/mol. The molecule has 0 aliphatic carbocycles. The number of benzene rings is 8. The summed E-state index contributed by atoms with van der Waals surface area (Å²) in [6.07, 6.45) is 2.58. The van der Waals surface area contributed by atoms with E-state index in [1.807, 2.05) is 165 Å². The smallest absolute Gasteiger partial charge is 0.329 e. The van der Waals surface area contributed by atoms with Gasteiger partial charge in [-0.1, -0.05) is 114 Å². The van der Waals surface area contributed by atoms with Crippen LogP contribution in [-0.4, -0.2) is 254 Å². The third-order valence-corrected chi connectivity index (χ3v) is 28.6. The number of likely N-dealkylation sites (tertiary alicyclic amines) is 4. The maximum Gasteiger partial charge on any atom is 0.329 e. The van der Waals surface area contributed by atoms with Gasteiger partial charge in [-0.25, -0.2) is 23.5 Å². The molecule has 5 amide bonds. The van der Waals surface area contributed by atoms with Gasteiger partial charge in [0.15, 0.2) is 0 Å². The molecule has 760 valence electrons. The number of amides is 5. The van der Waals surface area contributed by atoms with E-state index in [0.29, 0.717) is 52.7 Å². The zero-order valence-corrected chi connectivity index (χ0v) is 84.5. The molecule has 8 heterocycles. The van der Waals surface area contributed by atoms with Gasteiger partial charge in [0.1, 0.15) is 79.2 Å². The number of halogens is 2. The summed E-state index contributed by atoms with van der Waals surface area (Å²) in [5, 5.41) is 60.2. The van der Waals surface area contributed by atoms with Gasteiger partial charge in [0, 0.05) is 113 Å². The van der Waals surface area contributed by atoms with E-state index >= 15 is 0 Å². The lowest BCUT2D eigenvalue weighted by Gasteiger charge is -2.35. The summed E-state index contributed by atoms with van der Waals surface area (Å²) in [4.78, 5) is 95.0. The van der Waals surface area contributed by atoms with Crippen LogP contribution in [-0.2, 0) is 73.9 Å². The highest BCUT2D eigenvalue weighted by Crippen LogP contribution is 2.40. The van der Waals surface area contributed by atoms with Gasteiger partial charge in [0.2, 0.25) is 29.5 Å². The molecule has 10 N–H and O–H groups in total. The van der Waals surface area contributed by atoms with E-state index in [4.69, 9.17) is 39.3 Å². The van der Waals surface area contributed by atoms with Gasteiger partial charge in [-0.15, -0.1) is 22.7 Å². The van der Waals surface area contributed by atoms with Crippen molar-refractivity contribution in [1.29, 1.82) is 0 Å². The summed E-state index contributed by atoms with van der Waals surface area (Å²) in [5.74, 6) is -1.34. The summed E-state index contributed by atoms with van der Waals surface area (Å²) < 4.78 is 66.7. The van der Waals surface area contributed by atoms with Crippen molar-refractivity contribution in [2.24, 2.45) is 16.6 Å². The average Bonchev–Trinajstić information content (AvgIpc) is 1.61. The Bertz CT molecular complexity index is 6270. The van der Waals surface area contributed by atoms with E-state index in [9.17, 15) is 58.0 Å². The van der Waals surface area contributed by atoms with Crippen molar-refractivity contribution in [3.63, 3.8) is 0 Å². The number of piperidine rings is 2. The topological polar surface area (TPSA) is 370 Å². The van der Waals surface area contributed by atoms with Gasteiger partial charge in [-0.05, 0) is 229 Å². The highest BCUT2D eigenvalue weighted by Gasteiger charge is 2.46. The Labute approximate surface area is 841 Å². The molecule has 143 heavy (non-hydrogen) atoms. The molecule has 33 heteroatoms. The SMILES string of the molecule is Cc1c(-c2ccc(F)cc2)n(Cc2ccc(OCCN3CCC(OCCOCC(=O)O)CC3)cc2)c2ccc(O)cc12.Cc1ncsc1-c1ccc(CNC(=O)[C@@H]2C[C@@H](O)CN2C(=O)[C@@H](N)C(C)(C)C)cc1.Cc1ncsc1-c1ccc(CNC(=O)[C@@H]2C[C@@H](O)CN2C(=O)[C@@H](NC(=O)COCCOC2CCN(CCOc3ccc(Cn4c(-c5ccc(F)cc5)c(C)c5cc(O)ccc54)cc3)CC2)C(C)(C)C)cc1. The number of aliphatic carboxylic acids is 1. The van der Waals surface area contributed by atoms with Crippen molar-refractivity contribution in [3.8, 4) is 66.4 Å². The van der Waals surface area contributed by atoms with Gasteiger partial charge in [-0.2, -0.15) is 0 Å². The quantitative estimate of drug-likeness (QED) is 0.0163. The van der Waals surface area contributed by atoms with Crippen LogP contribution in [0.5, 0.6) is 23.0 Å². The van der Waals surface area contributed by atoms with Crippen molar-refractivity contribution in [1.82, 2.24) is 54.7 Å². The predicted octanol–water partition coefficient (Wildman–Crippen LogP) is 15.2. The summed E-state index contributed by atoms with van der Waals surface area (Å²) in [6, 6.07) is 52.6. The second kappa shape index (κ2) is 49.3. The van der Waals surface area contributed by atoms with Crippen LogP contribution in [0.3, 0.4) is 0 Å². The first-order valence-corrected chi connectivity index (χ1v) is 50.5. The van der Waals surface area contributed by atoms with Crippen LogP contribution in [0.1, 0.15) is 125 Å². The number of rotatable bonds is 37.